The van der Waals surface area contributed by atoms with Crippen molar-refractivity contribution in [2.75, 3.05) is 10.6 Å². The van der Waals surface area contributed by atoms with Crippen LogP contribution in [-0.2, 0) is 6.18 Å². The van der Waals surface area contributed by atoms with Crippen molar-refractivity contribution in [2.45, 2.75) is 6.18 Å². The number of carbonyl (C=O) groups excluding carboxylic acids is 1. The summed E-state index contributed by atoms with van der Waals surface area (Å²) < 4.78 is 65.1. The lowest BCUT2D eigenvalue weighted by Crippen LogP contribution is -2.14. The van der Waals surface area contributed by atoms with Crippen molar-refractivity contribution in [3.63, 3.8) is 0 Å². The summed E-state index contributed by atoms with van der Waals surface area (Å²) in [7, 11) is 0. The molecule has 0 fully saturated rings. The van der Waals surface area contributed by atoms with Gasteiger partial charge in [0.15, 0.2) is 11.6 Å². The van der Waals surface area contributed by atoms with Crippen molar-refractivity contribution in [3.05, 3.63) is 77.6 Å². The molecule has 0 atom stereocenters. The van der Waals surface area contributed by atoms with Crippen molar-refractivity contribution < 1.29 is 26.7 Å². The van der Waals surface area contributed by atoms with E-state index in [0.29, 0.717) is 0 Å². The number of nitrogens with zero attached hydrogens (tertiary/aromatic N) is 2. The first-order valence-electron chi connectivity index (χ1n) is 7.76. The van der Waals surface area contributed by atoms with Crippen molar-refractivity contribution in [1.29, 1.82) is 0 Å². The van der Waals surface area contributed by atoms with Gasteiger partial charge in [-0.05, 0) is 24.3 Å². The molecule has 10 heteroatoms. The number of aromatic nitrogens is 2. The highest BCUT2D eigenvalue weighted by Gasteiger charge is 2.33. The average Bonchev–Trinajstić information content (AvgIpc) is 2.65. The zero-order valence-corrected chi connectivity index (χ0v) is 13.9. The minimum atomic E-state index is -4.56. The number of alkyl halides is 3. The fourth-order valence-electron chi connectivity index (χ4n) is 2.25. The zero-order chi connectivity index (χ0) is 20.3. The molecule has 5 nitrogen and oxygen atoms in total. The number of benzene rings is 2. The Hall–Kier alpha value is -3.56. The second kappa shape index (κ2) is 7.59. The van der Waals surface area contributed by atoms with Crippen LogP contribution in [0.25, 0.3) is 0 Å². The third-order valence-corrected chi connectivity index (χ3v) is 3.57. The minimum absolute atomic E-state index is 0.0187. The Bertz CT molecular complexity index is 1010. The number of para-hydroxylation sites is 1. The van der Waals surface area contributed by atoms with Crippen LogP contribution in [0.15, 0.2) is 54.9 Å². The van der Waals surface area contributed by atoms with E-state index in [4.69, 9.17) is 0 Å². The van der Waals surface area contributed by atoms with Crippen LogP contribution in [-0.4, -0.2) is 15.9 Å². The average molecular weight is 394 g/mol. The van der Waals surface area contributed by atoms with Gasteiger partial charge in [0.05, 0.1) is 16.8 Å². The Kier molecular flexibility index (Phi) is 5.21. The van der Waals surface area contributed by atoms with E-state index < -0.39 is 29.3 Å². The van der Waals surface area contributed by atoms with Gasteiger partial charge >= 0.3 is 6.18 Å². The van der Waals surface area contributed by atoms with Crippen LogP contribution in [0.5, 0.6) is 0 Å². The number of hydrogen-bond acceptors (Lipinski definition) is 4. The molecule has 0 saturated carbocycles. The summed E-state index contributed by atoms with van der Waals surface area (Å²) in [6.07, 6.45) is -2.39. The first-order chi connectivity index (χ1) is 13.2. The van der Waals surface area contributed by atoms with E-state index in [2.05, 4.69) is 20.6 Å². The molecule has 1 heterocycles. The lowest BCUT2D eigenvalue weighted by Gasteiger charge is -2.13. The third kappa shape index (κ3) is 4.40. The van der Waals surface area contributed by atoms with Gasteiger partial charge in [-0.3, -0.25) is 4.79 Å². The number of halogens is 5. The van der Waals surface area contributed by atoms with Gasteiger partial charge in [-0.1, -0.05) is 12.1 Å². The van der Waals surface area contributed by atoms with E-state index in [1.54, 1.807) is 0 Å². The first kappa shape index (κ1) is 19.2. The van der Waals surface area contributed by atoms with Crippen LogP contribution < -0.4 is 10.6 Å². The quantitative estimate of drug-likeness (QED) is 0.626. The number of nitrogens with one attached hydrogen (secondary N) is 2. The summed E-state index contributed by atoms with van der Waals surface area (Å²) in [5.41, 5.74) is -1.14. The molecule has 0 radical (unpaired) electrons. The van der Waals surface area contributed by atoms with Crippen LogP contribution in [0.1, 0.15) is 15.9 Å². The maximum absolute atomic E-state index is 13.2. The van der Waals surface area contributed by atoms with E-state index in [1.807, 2.05) is 0 Å². The molecule has 0 spiro atoms. The molecule has 3 rings (SSSR count). The van der Waals surface area contributed by atoms with E-state index in [-0.39, 0.29) is 22.9 Å². The summed E-state index contributed by atoms with van der Waals surface area (Å²) in [4.78, 5) is 19.7. The van der Waals surface area contributed by atoms with Gasteiger partial charge in [0.2, 0.25) is 5.95 Å². The molecule has 1 amide bonds. The minimum Gasteiger partial charge on any atom is -0.324 e. The molecule has 0 aliphatic carbocycles. The van der Waals surface area contributed by atoms with Gasteiger partial charge in [0, 0.05) is 24.1 Å². The fraction of sp³-hybridized carbons (Fsp3) is 0.0556. The lowest BCUT2D eigenvalue weighted by atomic mass is 10.1. The van der Waals surface area contributed by atoms with Gasteiger partial charge in [-0.25, -0.2) is 18.7 Å². The van der Waals surface area contributed by atoms with Crippen molar-refractivity contribution in [1.82, 2.24) is 9.97 Å². The highest BCUT2D eigenvalue weighted by molar-refractivity contribution is 6.03. The molecular weight excluding hydrogens is 383 g/mol. The Morgan fingerprint density at radius 1 is 0.929 bits per heavy atom. The van der Waals surface area contributed by atoms with Gasteiger partial charge in [-0.15, -0.1) is 0 Å². The van der Waals surface area contributed by atoms with E-state index in [1.165, 1.54) is 24.3 Å². The van der Waals surface area contributed by atoms with Gasteiger partial charge in [0.25, 0.3) is 5.91 Å². The molecule has 2 N–H and O–H groups in total. The van der Waals surface area contributed by atoms with Crippen molar-refractivity contribution >= 4 is 23.2 Å². The largest absolute Gasteiger partial charge is 0.418 e. The molecule has 3 aromatic rings. The number of hydrogen-bond donors (Lipinski definition) is 2. The van der Waals surface area contributed by atoms with Crippen LogP contribution in [0, 0.1) is 11.6 Å². The Morgan fingerprint density at radius 3 is 2.25 bits per heavy atom. The number of rotatable bonds is 4. The number of anilines is 3. The fourth-order valence-corrected chi connectivity index (χ4v) is 2.25. The normalized spacial score (nSPS) is 11.2. The predicted molar refractivity (Wildman–Crippen MR) is 91.1 cm³/mol. The highest BCUT2D eigenvalue weighted by Crippen LogP contribution is 2.35. The smallest absolute Gasteiger partial charge is 0.324 e. The number of amides is 1. The summed E-state index contributed by atoms with van der Waals surface area (Å²) in [5.74, 6) is -3.04. The first-order valence-corrected chi connectivity index (χ1v) is 7.76. The maximum atomic E-state index is 13.2. The number of carbonyl (C=O) groups is 1. The van der Waals surface area contributed by atoms with Gasteiger partial charge in [-0.2, -0.15) is 13.2 Å². The topological polar surface area (TPSA) is 66.9 Å². The van der Waals surface area contributed by atoms with Crippen LogP contribution >= 0.6 is 0 Å². The molecule has 2 aromatic carbocycles. The molecule has 1 aromatic heterocycles. The van der Waals surface area contributed by atoms with Crippen LogP contribution in [0.2, 0.25) is 0 Å². The van der Waals surface area contributed by atoms with E-state index >= 15 is 0 Å². The summed E-state index contributed by atoms with van der Waals surface area (Å²) >= 11 is 0. The Labute approximate surface area is 155 Å². The molecule has 0 unspecified atom stereocenters. The maximum Gasteiger partial charge on any atom is 0.418 e. The summed E-state index contributed by atoms with van der Waals surface area (Å²) in [5, 5.41) is 4.77. The molecule has 0 saturated heterocycles. The molecule has 28 heavy (non-hydrogen) atoms. The molecular formula is C18H11F5N4O. The van der Waals surface area contributed by atoms with Crippen LogP contribution in [0.3, 0.4) is 0 Å². The Morgan fingerprint density at radius 2 is 1.61 bits per heavy atom. The molecule has 0 bridgehead atoms. The Balaban J connectivity index is 1.73. The zero-order valence-electron chi connectivity index (χ0n) is 13.9. The summed E-state index contributed by atoms with van der Waals surface area (Å²) in [6, 6.07) is 7.62. The van der Waals surface area contributed by atoms with Gasteiger partial charge < -0.3 is 10.6 Å². The second-order valence-corrected chi connectivity index (χ2v) is 5.55. The van der Waals surface area contributed by atoms with Gasteiger partial charge in [0.1, 0.15) is 0 Å². The molecule has 0 aliphatic heterocycles. The monoisotopic (exact) mass is 394 g/mol. The van der Waals surface area contributed by atoms with Crippen LogP contribution in [0.4, 0.5) is 39.3 Å². The van der Waals surface area contributed by atoms with Crippen molar-refractivity contribution in [3.8, 4) is 0 Å². The van der Waals surface area contributed by atoms with E-state index in [0.717, 1.165) is 30.6 Å². The highest BCUT2D eigenvalue weighted by atomic mass is 19.4. The second-order valence-electron chi connectivity index (χ2n) is 5.55. The molecule has 0 aliphatic rings. The van der Waals surface area contributed by atoms with E-state index in [9.17, 15) is 26.7 Å². The summed E-state index contributed by atoms with van der Waals surface area (Å²) in [6.45, 7) is 0. The standard InChI is InChI=1S/C18H11F5N4O/c19-13-6-5-11(7-14(13)20)26-16(28)10-8-24-17(25-9-10)27-15-4-2-1-3-12(15)18(21,22)23/h1-9H,(H,26,28)(H,24,25,27). The predicted octanol–water partition coefficient (Wildman–Crippen LogP) is 4.77. The lowest BCUT2D eigenvalue weighted by molar-refractivity contribution is -0.136. The third-order valence-electron chi connectivity index (χ3n) is 3.57. The molecule has 144 valence electrons. The van der Waals surface area contributed by atoms with Crippen molar-refractivity contribution in [2.24, 2.45) is 0 Å². The SMILES string of the molecule is O=C(Nc1ccc(F)c(F)c1)c1cnc(Nc2ccccc2C(F)(F)F)nc1.